The minimum Gasteiger partial charge on any atom is -0.228 e. The molecule has 0 atom stereocenters. The lowest BCUT2D eigenvalue weighted by Gasteiger charge is -2.14. The summed E-state index contributed by atoms with van der Waals surface area (Å²) in [6, 6.07) is 62.5. The third kappa shape index (κ3) is 5.38. The van der Waals surface area contributed by atoms with Gasteiger partial charge < -0.3 is 0 Å². The van der Waals surface area contributed by atoms with Crippen molar-refractivity contribution in [3.8, 4) is 67.3 Å². The molecule has 0 fully saturated rings. The van der Waals surface area contributed by atoms with Gasteiger partial charge in [-0.25, -0.2) is 9.97 Å². The van der Waals surface area contributed by atoms with Crippen LogP contribution < -0.4 is 0 Å². The Labute approximate surface area is 296 Å². The van der Waals surface area contributed by atoms with E-state index < -0.39 is 0 Å². The molecule has 9 aromatic rings. The number of hydrogen-bond acceptors (Lipinski definition) is 3. The van der Waals surface area contributed by atoms with Crippen molar-refractivity contribution in [2.24, 2.45) is 0 Å². The van der Waals surface area contributed by atoms with E-state index in [9.17, 15) is 0 Å². The van der Waals surface area contributed by atoms with Crippen molar-refractivity contribution < 1.29 is 0 Å². The predicted molar refractivity (Wildman–Crippen MR) is 212 cm³/mol. The molecule has 236 valence electrons. The van der Waals surface area contributed by atoms with Gasteiger partial charge in [-0.05, 0) is 46.4 Å². The van der Waals surface area contributed by atoms with Gasteiger partial charge in [0.25, 0.3) is 0 Å². The Hall–Kier alpha value is -6.16. The molecule has 0 aliphatic rings. The van der Waals surface area contributed by atoms with E-state index in [1.807, 2.05) is 35.6 Å². The SMILES string of the molecule is Cc1c(-c2ccccc2)nc(-c2ccccc2)nc1-c1cccc(-c2cccc3c2sc2c(-c4ccc(-c5ccccc5)cc4)cccc23)c1. The highest BCUT2D eigenvalue weighted by molar-refractivity contribution is 7.26. The molecule has 9 rings (SSSR count). The second kappa shape index (κ2) is 12.7. The lowest BCUT2D eigenvalue weighted by molar-refractivity contribution is 1.15. The van der Waals surface area contributed by atoms with Crippen LogP contribution in [0.15, 0.2) is 176 Å². The number of aromatic nitrogens is 2. The van der Waals surface area contributed by atoms with Crippen molar-refractivity contribution in [3.63, 3.8) is 0 Å². The average Bonchev–Trinajstić information content (AvgIpc) is 3.58. The average molecular weight is 657 g/mol. The molecule has 0 radical (unpaired) electrons. The minimum absolute atomic E-state index is 0.728. The highest BCUT2D eigenvalue weighted by Gasteiger charge is 2.18. The lowest BCUT2D eigenvalue weighted by Crippen LogP contribution is -2.00. The Morgan fingerprint density at radius 2 is 0.800 bits per heavy atom. The molecule has 0 aliphatic carbocycles. The van der Waals surface area contributed by atoms with Gasteiger partial charge in [-0.3, -0.25) is 0 Å². The van der Waals surface area contributed by atoms with E-state index in [-0.39, 0.29) is 0 Å². The molecule has 50 heavy (non-hydrogen) atoms. The number of nitrogens with zero attached hydrogens (tertiary/aromatic N) is 2. The Kier molecular flexibility index (Phi) is 7.61. The van der Waals surface area contributed by atoms with Gasteiger partial charge in [0.15, 0.2) is 5.82 Å². The van der Waals surface area contributed by atoms with E-state index in [2.05, 4.69) is 159 Å². The lowest BCUT2D eigenvalue weighted by atomic mass is 9.96. The van der Waals surface area contributed by atoms with E-state index in [1.54, 1.807) is 0 Å². The van der Waals surface area contributed by atoms with Crippen molar-refractivity contribution in [2.75, 3.05) is 0 Å². The van der Waals surface area contributed by atoms with Gasteiger partial charge in [0.05, 0.1) is 11.4 Å². The van der Waals surface area contributed by atoms with Crippen LogP contribution in [0.1, 0.15) is 5.56 Å². The van der Waals surface area contributed by atoms with E-state index in [4.69, 9.17) is 9.97 Å². The van der Waals surface area contributed by atoms with E-state index >= 15 is 0 Å². The van der Waals surface area contributed by atoms with Gasteiger partial charge in [-0.1, -0.05) is 170 Å². The van der Waals surface area contributed by atoms with Crippen LogP contribution in [-0.2, 0) is 0 Å². The van der Waals surface area contributed by atoms with Gasteiger partial charge in [0.2, 0.25) is 0 Å². The summed E-state index contributed by atoms with van der Waals surface area (Å²) < 4.78 is 2.60. The molecular formula is C47H32N2S. The summed E-state index contributed by atoms with van der Waals surface area (Å²) in [6.07, 6.45) is 0. The van der Waals surface area contributed by atoms with Crippen LogP contribution in [0.25, 0.3) is 87.5 Å². The van der Waals surface area contributed by atoms with Crippen molar-refractivity contribution in [1.82, 2.24) is 9.97 Å². The molecule has 3 heteroatoms. The standard InChI is InChI=1S/C47H32N2S/c1-31-43(35-16-7-3-8-17-35)48-47(36-18-9-4-10-19-36)49-44(31)38-21-11-20-37(30-38)40-23-13-25-42-41-24-12-22-39(45(41)50-46(40)42)34-28-26-33(27-29-34)32-14-5-2-6-15-32/h2-30H,1H3. The molecule has 0 bridgehead atoms. The molecule has 0 saturated heterocycles. The van der Waals surface area contributed by atoms with Gasteiger partial charge in [0, 0.05) is 42.4 Å². The van der Waals surface area contributed by atoms with Gasteiger partial charge in [0.1, 0.15) is 0 Å². The number of rotatable bonds is 6. The maximum absolute atomic E-state index is 5.19. The highest BCUT2D eigenvalue weighted by Crippen LogP contribution is 2.44. The monoisotopic (exact) mass is 656 g/mol. The molecule has 2 nitrogen and oxygen atoms in total. The summed E-state index contributed by atoms with van der Waals surface area (Å²) in [7, 11) is 0. The van der Waals surface area contributed by atoms with Crippen molar-refractivity contribution in [2.45, 2.75) is 6.92 Å². The summed E-state index contributed by atoms with van der Waals surface area (Å²) in [5.41, 5.74) is 13.5. The smallest absolute Gasteiger partial charge is 0.160 e. The van der Waals surface area contributed by atoms with Crippen LogP contribution >= 0.6 is 11.3 Å². The molecule has 2 aromatic heterocycles. The maximum Gasteiger partial charge on any atom is 0.160 e. The second-order valence-corrected chi connectivity index (χ2v) is 13.6. The fourth-order valence-corrected chi connectivity index (χ4v) is 8.34. The van der Waals surface area contributed by atoms with E-state index in [0.717, 1.165) is 39.5 Å². The third-order valence-electron chi connectivity index (χ3n) is 9.50. The van der Waals surface area contributed by atoms with Gasteiger partial charge >= 0.3 is 0 Å². The van der Waals surface area contributed by atoms with Crippen molar-refractivity contribution in [1.29, 1.82) is 0 Å². The topological polar surface area (TPSA) is 25.8 Å². The van der Waals surface area contributed by atoms with Crippen molar-refractivity contribution in [3.05, 3.63) is 181 Å². The van der Waals surface area contributed by atoms with Crippen LogP contribution in [0.4, 0.5) is 0 Å². The van der Waals surface area contributed by atoms with Crippen LogP contribution in [0.3, 0.4) is 0 Å². The number of thiophene rings is 1. The molecule has 0 aliphatic heterocycles. The molecule has 2 heterocycles. The van der Waals surface area contributed by atoms with Crippen molar-refractivity contribution >= 4 is 31.5 Å². The van der Waals surface area contributed by atoms with Crippen LogP contribution in [0.5, 0.6) is 0 Å². The largest absolute Gasteiger partial charge is 0.228 e. The first-order valence-electron chi connectivity index (χ1n) is 16.9. The fraction of sp³-hybridized carbons (Fsp3) is 0.0213. The predicted octanol–water partition coefficient (Wildman–Crippen LogP) is 13.2. The summed E-state index contributed by atoms with van der Waals surface area (Å²) in [5, 5.41) is 2.57. The molecule has 0 spiro atoms. The normalized spacial score (nSPS) is 11.3. The summed E-state index contributed by atoms with van der Waals surface area (Å²) in [6.45, 7) is 2.14. The van der Waals surface area contributed by atoms with E-state index in [0.29, 0.717) is 0 Å². The van der Waals surface area contributed by atoms with Crippen LogP contribution in [0, 0.1) is 6.92 Å². The fourth-order valence-electron chi connectivity index (χ4n) is 6.97. The molecule has 0 saturated carbocycles. The molecular weight excluding hydrogens is 625 g/mol. The maximum atomic E-state index is 5.19. The first-order valence-corrected chi connectivity index (χ1v) is 17.7. The third-order valence-corrected chi connectivity index (χ3v) is 10.8. The first-order chi connectivity index (χ1) is 24.7. The summed E-state index contributed by atoms with van der Waals surface area (Å²) >= 11 is 1.88. The van der Waals surface area contributed by atoms with Crippen LogP contribution in [-0.4, -0.2) is 9.97 Å². The van der Waals surface area contributed by atoms with E-state index in [1.165, 1.54) is 53.6 Å². The number of benzene rings is 7. The van der Waals surface area contributed by atoms with Gasteiger partial charge in [-0.2, -0.15) is 0 Å². The summed E-state index contributed by atoms with van der Waals surface area (Å²) in [4.78, 5) is 10.3. The molecule has 0 N–H and O–H groups in total. The first kappa shape index (κ1) is 29.9. The minimum atomic E-state index is 0.728. The Bertz CT molecular complexity index is 2620. The summed E-state index contributed by atoms with van der Waals surface area (Å²) in [5.74, 6) is 0.728. The molecule has 0 amide bonds. The molecule has 7 aromatic carbocycles. The quantitative estimate of drug-likeness (QED) is 0.178. The second-order valence-electron chi connectivity index (χ2n) is 12.6. The number of fused-ring (bicyclic) bond motifs is 3. The Balaban J connectivity index is 1.16. The number of hydrogen-bond donors (Lipinski definition) is 0. The Morgan fingerprint density at radius 3 is 1.42 bits per heavy atom. The zero-order valence-corrected chi connectivity index (χ0v) is 28.4. The Morgan fingerprint density at radius 1 is 0.360 bits per heavy atom. The zero-order valence-electron chi connectivity index (χ0n) is 27.5. The molecule has 0 unspecified atom stereocenters. The van der Waals surface area contributed by atoms with Crippen LogP contribution in [0.2, 0.25) is 0 Å². The highest BCUT2D eigenvalue weighted by atomic mass is 32.1. The zero-order chi connectivity index (χ0) is 33.4. The van der Waals surface area contributed by atoms with Gasteiger partial charge in [-0.15, -0.1) is 11.3 Å².